The van der Waals surface area contributed by atoms with E-state index in [4.69, 9.17) is 20.9 Å². The molecule has 3 rings (SSSR count). The summed E-state index contributed by atoms with van der Waals surface area (Å²) in [5.74, 6) is 0.692. The van der Waals surface area contributed by atoms with Crippen LogP contribution in [0.15, 0.2) is 27.6 Å². The summed E-state index contributed by atoms with van der Waals surface area (Å²) in [6, 6.07) is 4.25. The van der Waals surface area contributed by atoms with Gasteiger partial charge in [0, 0.05) is 31.6 Å². The summed E-state index contributed by atoms with van der Waals surface area (Å²) in [6.45, 7) is 6.21. The molecule has 9 nitrogen and oxygen atoms in total. The SMILES string of the molecule is Cc1noc(CCCNC(=O)c2ccc(Cl)c(S(=O)(=O)N3CC(C)OC(C)C3)c2)n1. The van der Waals surface area contributed by atoms with Crippen LogP contribution in [0.1, 0.15) is 42.3 Å². The lowest BCUT2D eigenvalue weighted by atomic mass is 10.2. The van der Waals surface area contributed by atoms with Gasteiger partial charge in [0.1, 0.15) is 4.90 Å². The molecule has 1 saturated heterocycles. The predicted molar refractivity (Wildman–Crippen MR) is 110 cm³/mol. The molecule has 2 heterocycles. The molecule has 1 aliphatic rings. The molecule has 2 atom stereocenters. The smallest absolute Gasteiger partial charge is 0.251 e. The van der Waals surface area contributed by atoms with E-state index in [1.807, 2.05) is 13.8 Å². The zero-order valence-corrected chi connectivity index (χ0v) is 18.7. The van der Waals surface area contributed by atoms with Crippen molar-refractivity contribution in [2.45, 2.75) is 50.7 Å². The highest BCUT2D eigenvalue weighted by atomic mass is 35.5. The predicted octanol–water partition coefficient (Wildman–Crippen LogP) is 2.19. The van der Waals surface area contributed by atoms with E-state index in [0.29, 0.717) is 31.1 Å². The molecule has 164 valence electrons. The molecule has 1 aromatic carbocycles. The minimum atomic E-state index is -3.86. The third-order valence-electron chi connectivity index (χ3n) is 4.62. The first-order valence-electron chi connectivity index (χ1n) is 9.69. The number of hydrogen-bond acceptors (Lipinski definition) is 7. The first-order valence-corrected chi connectivity index (χ1v) is 11.5. The molecule has 0 radical (unpaired) electrons. The molecule has 0 saturated carbocycles. The fourth-order valence-corrected chi connectivity index (χ4v) is 5.38. The van der Waals surface area contributed by atoms with Crippen LogP contribution >= 0.6 is 11.6 Å². The number of aryl methyl sites for hydroxylation is 2. The molecular formula is C19H25ClN4O5S. The topological polar surface area (TPSA) is 115 Å². The summed E-state index contributed by atoms with van der Waals surface area (Å²) in [5, 5.41) is 6.55. The monoisotopic (exact) mass is 456 g/mol. The second-order valence-corrected chi connectivity index (χ2v) is 9.63. The fourth-order valence-electron chi connectivity index (χ4n) is 3.29. The molecular weight excluding hydrogens is 432 g/mol. The number of ether oxygens (including phenoxy) is 1. The number of aromatic nitrogens is 2. The Bertz CT molecular complexity index is 1000. The van der Waals surface area contributed by atoms with E-state index in [1.54, 1.807) is 6.92 Å². The number of nitrogens with zero attached hydrogens (tertiary/aromatic N) is 3. The van der Waals surface area contributed by atoms with Gasteiger partial charge >= 0.3 is 0 Å². The van der Waals surface area contributed by atoms with Crippen molar-refractivity contribution in [2.24, 2.45) is 0 Å². The highest BCUT2D eigenvalue weighted by Gasteiger charge is 2.33. The largest absolute Gasteiger partial charge is 0.373 e. The van der Waals surface area contributed by atoms with Crippen LogP contribution in [0, 0.1) is 6.92 Å². The van der Waals surface area contributed by atoms with Crippen molar-refractivity contribution in [1.29, 1.82) is 0 Å². The molecule has 1 aliphatic heterocycles. The number of amides is 1. The normalized spacial score (nSPS) is 20.3. The van der Waals surface area contributed by atoms with Crippen LogP contribution in [-0.4, -0.2) is 60.6 Å². The van der Waals surface area contributed by atoms with Gasteiger partial charge in [-0.25, -0.2) is 8.42 Å². The number of morpholine rings is 1. The van der Waals surface area contributed by atoms with Gasteiger partial charge < -0.3 is 14.6 Å². The molecule has 2 aromatic rings. The fraction of sp³-hybridized carbons (Fsp3) is 0.526. The van der Waals surface area contributed by atoms with Gasteiger partial charge in [0.15, 0.2) is 5.82 Å². The zero-order chi connectivity index (χ0) is 21.9. The molecule has 1 N–H and O–H groups in total. The molecule has 0 bridgehead atoms. The Kier molecular flexibility index (Phi) is 7.12. The van der Waals surface area contributed by atoms with Crippen molar-refractivity contribution in [2.75, 3.05) is 19.6 Å². The lowest BCUT2D eigenvalue weighted by Gasteiger charge is -2.34. The van der Waals surface area contributed by atoms with Gasteiger partial charge in [0.05, 0.1) is 17.2 Å². The van der Waals surface area contributed by atoms with Crippen LogP contribution in [0.4, 0.5) is 0 Å². The van der Waals surface area contributed by atoms with Crippen LogP contribution in [0.5, 0.6) is 0 Å². The molecule has 1 fully saturated rings. The van der Waals surface area contributed by atoms with Gasteiger partial charge in [-0.3, -0.25) is 4.79 Å². The number of sulfonamides is 1. The molecule has 0 spiro atoms. The Hall–Kier alpha value is -2.01. The average molecular weight is 457 g/mol. The first-order chi connectivity index (χ1) is 14.2. The van der Waals surface area contributed by atoms with E-state index in [1.165, 1.54) is 22.5 Å². The Morgan fingerprint density at radius 1 is 1.30 bits per heavy atom. The van der Waals surface area contributed by atoms with Crippen LogP contribution < -0.4 is 5.32 Å². The number of carbonyl (C=O) groups excluding carboxylic acids is 1. The lowest BCUT2D eigenvalue weighted by molar-refractivity contribution is -0.0440. The van der Waals surface area contributed by atoms with E-state index in [-0.39, 0.29) is 46.7 Å². The molecule has 0 aliphatic carbocycles. The number of halogens is 1. The van der Waals surface area contributed by atoms with E-state index in [9.17, 15) is 13.2 Å². The Labute approximate surface area is 180 Å². The number of benzene rings is 1. The lowest BCUT2D eigenvalue weighted by Crippen LogP contribution is -2.48. The quantitative estimate of drug-likeness (QED) is 0.635. The van der Waals surface area contributed by atoms with Crippen molar-refractivity contribution in [3.63, 3.8) is 0 Å². The van der Waals surface area contributed by atoms with Crippen LogP contribution in [0.2, 0.25) is 5.02 Å². The van der Waals surface area contributed by atoms with E-state index in [2.05, 4.69) is 15.5 Å². The maximum atomic E-state index is 13.1. The van der Waals surface area contributed by atoms with Gasteiger partial charge in [-0.05, 0) is 45.4 Å². The number of hydrogen-bond donors (Lipinski definition) is 1. The maximum Gasteiger partial charge on any atom is 0.251 e. The average Bonchev–Trinajstić information content (AvgIpc) is 3.09. The zero-order valence-electron chi connectivity index (χ0n) is 17.1. The summed E-state index contributed by atoms with van der Waals surface area (Å²) in [5.41, 5.74) is 0.223. The third-order valence-corrected chi connectivity index (χ3v) is 6.93. The number of carbonyl (C=O) groups is 1. The van der Waals surface area contributed by atoms with Crippen molar-refractivity contribution in [3.8, 4) is 0 Å². The number of nitrogens with one attached hydrogen (secondary N) is 1. The van der Waals surface area contributed by atoms with Crippen LogP contribution in [-0.2, 0) is 21.2 Å². The highest BCUT2D eigenvalue weighted by Crippen LogP contribution is 2.28. The summed E-state index contributed by atoms with van der Waals surface area (Å²) in [4.78, 5) is 16.5. The summed E-state index contributed by atoms with van der Waals surface area (Å²) in [7, 11) is -3.86. The van der Waals surface area contributed by atoms with Crippen LogP contribution in [0.25, 0.3) is 0 Å². The first kappa shape index (κ1) is 22.7. The summed E-state index contributed by atoms with van der Waals surface area (Å²) < 4.78 is 38.2. The second-order valence-electron chi connectivity index (χ2n) is 7.32. The number of rotatable bonds is 7. The van der Waals surface area contributed by atoms with Gasteiger partial charge in [0.2, 0.25) is 15.9 Å². The van der Waals surface area contributed by atoms with E-state index in [0.717, 1.165) is 0 Å². The van der Waals surface area contributed by atoms with Gasteiger partial charge in [-0.15, -0.1) is 0 Å². The second kappa shape index (κ2) is 9.42. The van der Waals surface area contributed by atoms with E-state index >= 15 is 0 Å². The molecule has 11 heteroatoms. The van der Waals surface area contributed by atoms with Crippen molar-refractivity contribution < 1.29 is 22.5 Å². The molecule has 2 unspecified atom stereocenters. The molecule has 1 aromatic heterocycles. The minimum Gasteiger partial charge on any atom is -0.373 e. The highest BCUT2D eigenvalue weighted by molar-refractivity contribution is 7.89. The van der Waals surface area contributed by atoms with Crippen molar-refractivity contribution in [1.82, 2.24) is 19.8 Å². The molecule has 30 heavy (non-hydrogen) atoms. The maximum absolute atomic E-state index is 13.1. The van der Waals surface area contributed by atoms with Crippen molar-refractivity contribution in [3.05, 3.63) is 40.5 Å². The van der Waals surface area contributed by atoms with Gasteiger partial charge in [-0.2, -0.15) is 9.29 Å². The Balaban J connectivity index is 1.67. The van der Waals surface area contributed by atoms with E-state index < -0.39 is 10.0 Å². The van der Waals surface area contributed by atoms with Crippen LogP contribution in [0.3, 0.4) is 0 Å². The Morgan fingerprint density at radius 2 is 2.00 bits per heavy atom. The summed E-state index contributed by atoms with van der Waals surface area (Å²) in [6.07, 6.45) is 0.692. The standard InChI is InChI=1S/C19H25ClN4O5S/c1-12-10-24(11-13(2)28-12)30(26,27)17-9-15(6-7-16(17)20)19(25)21-8-4-5-18-22-14(3)23-29-18/h6-7,9,12-13H,4-5,8,10-11H2,1-3H3,(H,21,25). The third kappa shape index (κ3) is 5.37. The molecule has 1 amide bonds. The Morgan fingerprint density at radius 3 is 2.63 bits per heavy atom. The van der Waals surface area contributed by atoms with Gasteiger partial charge in [0.25, 0.3) is 5.91 Å². The van der Waals surface area contributed by atoms with Gasteiger partial charge in [-0.1, -0.05) is 16.8 Å². The summed E-state index contributed by atoms with van der Waals surface area (Å²) >= 11 is 6.18. The minimum absolute atomic E-state index is 0.0742. The van der Waals surface area contributed by atoms with Crippen molar-refractivity contribution >= 4 is 27.5 Å².